The Labute approximate surface area is 89.0 Å². The first-order chi connectivity index (χ1) is 7.17. The van der Waals surface area contributed by atoms with Gasteiger partial charge in [-0.1, -0.05) is 0 Å². The van der Waals surface area contributed by atoms with Crippen molar-refractivity contribution >= 4 is 6.09 Å². The Kier molecular flexibility index (Phi) is 4.80. The minimum absolute atomic E-state index is 0.175. The molecule has 1 heterocycles. The molecule has 0 saturated carbocycles. The Morgan fingerprint density at radius 1 is 1.60 bits per heavy atom. The van der Waals surface area contributed by atoms with Crippen LogP contribution in [0.25, 0.3) is 0 Å². The fraction of sp³-hybridized carbons (Fsp3) is 0.889. The summed E-state index contributed by atoms with van der Waals surface area (Å²) in [6.07, 6.45) is -1.07. The van der Waals surface area contributed by atoms with Crippen molar-refractivity contribution in [2.24, 2.45) is 5.73 Å². The van der Waals surface area contributed by atoms with Gasteiger partial charge in [0.1, 0.15) is 6.10 Å². The second-order valence-electron chi connectivity index (χ2n) is 3.29. The Morgan fingerprint density at radius 2 is 2.33 bits per heavy atom. The van der Waals surface area contributed by atoms with Crippen molar-refractivity contribution in [2.45, 2.75) is 32.3 Å². The molecule has 0 aromatic carbocycles. The highest BCUT2D eigenvalue weighted by molar-refractivity contribution is 5.70. The van der Waals surface area contributed by atoms with Gasteiger partial charge in [-0.3, -0.25) is 0 Å². The molecule has 1 aliphatic heterocycles. The molecule has 6 heteroatoms. The van der Waals surface area contributed by atoms with Crippen molar-refractivity contribution in [2.75, 3.05) is 19.8 Å². The van der Waals surface area contributed by atoms with E-state index in [2.05, 4.69) is 5.32 Å². The molecule has 0 aliphatic carbocycles. The summed E-state index contributed by atoms with van der Waals surface area (Å²) in [5, 5.41) is 2.60. The molecule has 1 rings (SSSR count). The fourth-order valence-corrected chi connectivity index (χ4v) is 1.37. The van der Waals surface area contributed by atoms with E-state index in [4.69, 9.17) is 19.9 Å². The predicted octanol–water partition coefficient (Wildman–Crippen LogP) is -0.179. The van der Waals surface area contributed by atoms with Gasteiger partial charge in [-0.05, 0) is 13.8 Å². The molecule has 0 bridgehead atoms. The number of nitrogens with one attached hydrogen (secondary N) is 1. The van der Waals surface area contributed by atoms with Crippen LogP contribution in [0.3, 0.4) is 0 Å². The molecule has 3 N–H and O–H groups in total. The molecule has 1 amide bonds. The topological polar surface area (TPSA) is 82.8 Å². The molecular formula is C9H18N2O4. The number of ether oxygens (including phenoxy) is 3. The number of rotatable bonds is 6. The van der Waals surface area contributed by atoms with Crippen molar-refractivity contribution in [3.63, 3.8) is 0 Å². The van der Waals surface area contributed by atoms with E-state index in [1.54, 1.807) is 6.92 Å². The predicted molar refractivity (Wildman–Crippen MR) is 53.3 cm³/mol. The van der Waals surface area contributed by atoms with Crippen LogP contribution in [0, 0.1) is 0 Å². The maximum Gasteiger partial charge on any atom is 0.407 e. The molecular weight excluding hydrogens is 200 g/mol. The highest BCUT2D eigenvalue weighted by atomic mass is 16.7. The van der Waals surface area contributed by atoms with E-state index in [-0.39, 0.29) is 18.4 Å². The van der Waals surface area contributed by atoms with E-state index < -0.39 is 6.09 Å². The summed E-state index contributed by atoms with van der Waals surface area (Å²) in [5.74, 6) is 0. The minimum atomic E-state index is -0.442. The van der Waals surface area contributed by atoms with Gasteiger partial charge in [-0.25, -0.2) is 4.79 Å². The molecule has 1 saturated heterocycles. The van der Waals surface area contributed by atoms with Crippen LogP contribution in [0.4, 0.5) is 4.79 Å². The summed E-state index contributed by atoms with van der Waals surface area (Å²) in [6.45, 7) is 4.90. The zero-order chi connectivity index (χ0) is 11.3. The zero-order valence-electron chi connectivity index (χ0n) is 9.06. The quantitative estimate of drug-likeness (QED) is 0.604. The maximum atomic E-state index is 10.9. The summed E-state index contributed by atoms with van der Waals surface area (Å²) in [4.78, 5) is 10.9. The van der Waals surface area contributed by atoms with Crippen molar-refractivity contribution in [3.05, 3.63) is 0 Å². The van der Waals surface area contributed by atoms with E-state index in [0.29, 0.717) is 19.8 Å². The van der Waals surface area contributed by atoms with E-state index in [1.807, 2.05) is 6.92 Å². The Balaban J connectivity index is 2.28. The fourth-order valence-electron chi connectivity index (χ4n) is 1.37. The van der Waals surface area contributed by atoms with Crippen molar-refractivity contribution < 1.29 is 19.0 Å². The molecule has 0 aromatic heterocycles. The smallest absolute Gasteiger partial charge is 0.407 e. The van der Waals surface area contributed by atoms with Crippen LogP contribution < -0.4 is 11.1 Å². The van der Waals surface area contributed by atoms with Gasteiger partial charge in [-0.2, -0.15) is 0 Å². The van der Waals surface area contributed by atoms with Crippen LogP contribution in [-0.4, -0.2) is 44.3 Å². The Hall–Kier alpha value is -0.850. The average molecular weight is 218 g/mol. The van der Waals surface area contributed by atoms with Crippen LogP contribution in [0.2, 0.25) is 0 Å². The summed E-state index contributed by atoms with van der Waals surface area (Å²) >= 11 is 0. The van der Waals surface area contributed by atoms with Gasteiger partial charge in [0.15, 0.2) is 6.29 Å². The van der Waals surface area contributed by atoms with Gasteiger partial charge in [0.2, 0.25) is 0 Å². The molecule has 1 unspecified atom stereocenters. The summed E-state index contributed by atoms with van der Waals surface area (Å²) in [5.41, 5.74) is 5.47. The van der Waals surface area contributed by atoms with Gasteiger partial charge in [0.25, 0.3) is 0 Å². The van der Waals surface area contributed by atoms with Gasteiger partial charge in [0, 0.05) is 13.2 Å². The number of hydrogen-bond donors (Lipinski definition) is 2. The largest absolute Gasteiger partial charge is 0.442 e. The SMILES string of the molecule is CCOC(C)OC[C@H]1OC(=O)N[C@@H]1CN. The van der Waals surface area contributed by atoms with Crippen molar-refractivity contribution in [1.29, 1.82) is 0 Å². The lowest BCUT2D eigenvalue weighted by molar-refractivity contribution is -0.142. The highest BCUT2D eigenvalue weighted by Crippen LogP contribution is 2.09. The number of cyclic esters (lactones) is 1. The van der Waals surface area contributed by atoms with Crippen molar-refractivity contribution in [1.82, 2.24) is 5.32 Å². The highest BCUT2D eigenvalue weighted by Gasteiger charge is 2.33. The Morgan fingerprint density at radius 3 is 2.93 bits per heavy atom. The first kappa shape index (κ1) is 12.2. The van der Waals surface area contributed by atoms with E-state index in [9.17, 15) is 4.79 Å². The lowest BCUT2D eigenvalue weighted by Crippen LogP contribution is -2.41. The van der Waals surface area contributed by atoms with Crippen LogP contribution in [-0.2, 0) is 14.2 Å². The number of carbonyl (C=O) groups excluding carboxylic acids is 1. The van der Waals surface area contributed by atoms with Gasteiger partial charge >= 0.3 is 6.09 Å². The Bertz CT molecular complexity index is 212. The van der Waals surface area contributed by atoms with Crippen LogP contribution in [0.15, 0.2) is 0 Å². The molecule has 1 fully saturated rings. The minimum Gasteiger partial charge on any atom is -0.442 e. The molecule has 6 nitrogen and oxygen atoms in total. The van der Waals surface area contributed by atoms with Crippen molar-refractivity contribution in [3.8, 4) is 0 Å². The number of hydrogen-bond acceptors (Lipinski definition) is 5. The first-order valence-corrected chi connectivity index (χ1v) is 5.07. The van der Waals surface area contributed by atoms with Gasteiger partial charge in [-0.15, -0.1) is 0 Å². The second kappa shape index (κ2) is 5.89. The third-order valence-corrected chi connectivity index (χ3v) is 2.16. The zero-order valence-corrected chi connectivity index (χ0v) is 9.06. The number of carbonyl (C=O) groups is 1. The maximum absolute atomic E-state index is 10.9. The summed E-state index contributed by atoms with van der Waals surface area (Å²) in [6, 6.07) is -0.175. The first-order valence-electron chi connectivity index (χ1n) is 5.07. The molecule has 3 atom stereocenters. The summed E-state index contributed by atoms with van der Waals surface area (Å²) < 4.78 is 15.5. The van der Waals surface area contributed by atoms with E-state index in [1.165, 1.54) is 0 Å². The van der Waals surface area contributed by atoms with Crippen LogP contribution >= 0.6 is 0 Å². The standard InChI is InChI=1S/C9H18N2O4/c1-3-13-6(2)14-5-8-7(4-10)11-9(12)15-8/h6-8H,3-5,10H2,1-2H3,(H,11,12)/t6?,7-,8-/m1/s1. The average Bonchev–Trinajstić information content (AvgIpc) is 2.56. The third-order valence-electron chi connectivity index (χ3n) is 2.16. The number of nitrogens with two attached hydrogens (primary N) is 1. The van der Waals surface area contributed by atoms with Crippen LogP contribution in [0.1, 0.15) is 13.8 Å². The molecule has 1 aliphatic rings. The second-order valence-corrected chi connectivity index (χ2v) is 3.29. The lowest BCUT2D eigenvalue weighted by atomic mass is 10.2. The normalized spacial score (nSPS) is 27.3. The van der Waals surface area contributed by atoms with E-state index in [0.717, 1.165) is 0 Å². The number of alkyl carbamates (subject to hydrolysis) is 1. The third kappa shape index (κ3) is 3.65. The molecule has 0 aromatic rings. The molecule has 0 spiro atoms. The van der Waals surface area contributed by atoms with Crippen LogP contribution in [0.5, 0.6) is 0 Å². The summed E-state index contributed by atoms with van der Waals surface area (Å²) in [7, 11) is 0. The van der Waals surface area contributed by atoms with E-state index >= 15 is 0 Å². The molecule has 88 valence electrons. The lowest BCUT2D eigenvalue weighted by Gasteiger charge is -2.18. The molecule has 15 heavy (non-hydrogen) atoms. The van der Waals surface area contributed by atoms with Gasteiger partial charge < -0.3 is 25.3 Å². The monoisotopic (exact) mass is 218 g/mol. The van der Waals surface area contributed by atoms with Gasteiger partial charge in [0.05, 0.1) is 12.6 Å². The number of amides is 1. The molecule has 0 radical (unpaired) electrons.